The average molecular weight is 283 g/mol. The fourth-order valence-corrected chi connectivity index (χ4v) is 2.41. The van der Waals surface area contributed by atoms with Crippen LogP contribution in [0, 0.1) is 6.92 Å². The van der Waals surface area contributed by atoms with Crippen molar-refractivity contribution in [3.8, 4) is 5.75 Å². The number of carbonyl (C=O) groups excluding carboxylic acids is 1. The molecule has 0 saturated carbocycles. The maximum Gasteiger partial charge on any atom is 0.338 e. The third kappa shape index (κ3) is 2.99. The SMILES string of the molecule is Cc1ccc2c(c1)CC(COC(=O)c1ccc(N)cc1)O2. The zero-order valence-electron chi connectivity index (χ0n) is 11.8. The van der Waals surface area contributed by atoms with Gasteiger partial charge in [0.2, 0.25) is 0 Å². The van der Waals surface area contributed by atoms with Gasteiger partial charge < -0.3 is 15.2 Å². The number of aryl methyl sites for hydroxylation is 1. The Bertz CT molecular complexity index is 664. The summed E-state index contributed by atoms with van der Waals surface area (Å²) in [6.07, 6.45) is 0.658. The van der Waals surface area contributed by atoms with Crippen molar-refractivity contribution in [2.75, 3.05) is 12.3 Å². The number of rotatable bonds is 3. The fourth-order valence-electron chi connectivity index (χ4n) is 2.41. The second-order valence-electron chi connectivity index (χ2n) is 5.28. The Morgan fingerprint density at radius 3 is 2.81 bits per heavy atom. The van der Waals surface area contributed by atoms with Crippen molar-refractivity contribution < 1.29 is 14.3 Å². The summed E-state index contributed by atoms with van der Waals surface area (Å²) in [6.45, 7) is 2.30. The van der Waals surface area contributed by atoms with Crippen LogP contribution in [-0.2, 0) is 11.2 Å². The van der Waals surface area contributed by atoms with Gasteiger partial charge in [0.15, 0.2) is 0 Å². The molecule has 1 atom stereocenters. The van der Waals surface area contributed by atoms with Crippen LogP contribution in [0.4, 0.5) is 5.69 Å². The molecule has 4 heteroatoms. The van der Waals surface area contributed by atoms with E-state index in [1.807, 2.05) is 12.1 Å². The van der Waals surface area contributed by atoms with E-state index in [0.717, 1.165) is 12.2 Å². The normalized spacial score (nSPS) is 16.1. The molecule has 0 spiro atoms. The van der Waals surface area contributed by atoms with E-state index in [4.69, 9.17) is 15.2 Å². The summed E-state index contributed by atoms with van der Waals surface area (Å²) in [5.74, 6) is 0.528. The van der Waals surface area contributed by atoms with Crippen molar-refractivity contribution >= 4 is 11.7 Å². The highest BCUT2D eigenvalue weighted by Gasteiger charge is 2.24. The summed E-state index contributed by atoms with van der Waals surface area (Å²) in [7, 11) is 0. The Kier molecular flexibility index (Phi) is 3.52. The van der Waals surface area contributed by atoms with Crippen LogP contribution in [0.2, 0.25) is 0 Å². The summed E-state index contributed by atoms with van der Waals surface area (Å²) in [5.41, 5.74) is 9.08. The minimum absolute atomic E-state index is 0.112. The van der Waals surface area contributed by atoms with Crippen molar-refractivity contribution in [3.63, 3.8) is 0 Å². The smallest absolute Gasteiger partial charge is 0.338 e. The predicted octanol–water partition coefficient (Wildman–Crippen LogP) is 2.74. The number of anilines is 1. The van der Waals surface area contributed by atoms with E-state index >= 15 is 0 Å². The van der Waals surface area contributed by atoms with Gasteiger partial charge in [0, 0.05) is 12.1 Å². The van der Waals surface area contributed by atoms with E-state index in [9.17, 15) is 4.79 Å². The highest BCUT2D eigenvalue weighted by molar-refractivity contribution is 5.89. The molecule has 1 aliphatic rings. The van der Waals surface area contributed by atoms with Gasteiger partial charge in [-0.1, -0.05) is 17.7 Å². The summed E-state index contributed by atoms with van der Waals surface area (Å²) in [6, 6.07) is 12.8. The molecular formula is C17H17NO3. The van der Waals surface area contributed by atoms with Crippen molar-refractivity contribution in [2.24, 2.45) is 0 Å². The van der Waals surface area contributed by atoms with E-state index in [1.165, 1.54) is 11.1 Å². The Balaban J connectivity index is 1.57. The molecule has 108 valence electrons. The van der Waals surface area contributed by atoms with Gasteiger partial charge in [0.05, 0.1) is 5.56 Å². The maximum atomic E-state index is 11.9. The first-order chi connectivity index (χ1) is 10.1. The highest BCUT2D eigenvalue weighted by Crippen LogP contribution is 2.29. The Morgan fingerprint density at radius 1 is 1.29 bits per heavy atom. The van der Waals surface area contributed by atoms with Crippen molar-refractivity contribution in [1.82, 2.24) is 0 Å². The van der Waals surface area contributed by atoms with Crippen molar-refractivity contribution in [3.05, 3.63) is 59.2 Å². The first-order valence-electron chi connectivity index (χ1n) is 6.90. The number of ether oxygens (including phenoxy) is 2. The largest absolute Gasteiger partial charge is 0.486 e. The van der Waals surface area contributed by atoms with Gasteiger partial charge in [0.25, 0.3) is 0 Å². The first kappa shape index (κ1) is 13.5. The molecular weight excluding hydrogens is 266 g/mol. The van der Waals surface area contributed by atoms with Crippen LogP contribution in [0.5, 0.6) is 5.75 Å². The van der Waals surface area contributed by atoms with Crippen LogP contribution >= 0.6 is 0 Å². The van der Waals surface area contributed by atoms with Crippen LogP contribution in [0.3, 0.4) is 0 Å². The summed E-state index contributed by atoms with van der Waals surface area (Å²) >= 11 is 0. The van der Waals surface area contributed by atoms with E-state index in [-0.39, 0.29) is 18.7 Å². The van der Waals surface area contributed by atoms with Gasteiger partial charge in [-0.05, 0) is 42.8 Å². The van der Waals surface area contributed by atoms with Gasteiger partial charge in [-0.15, -0.1) is 0 Å². The van der Waals surface area contributed by atoms with Gasteiger partial charge in [0.1, 0.15) is 18.5 Å². The van der Waals surface area contributed by atoms with Gasteiger partial charge in [-0.3, -0.25) is 0 Å². The number of hydrogen-bond acceptors (Lipinski definition) is 4. The molecule has 1 heterocycles. The van der Waals surface area contributed by atoms with Crippen LogP contribution in [0.1, 0.15) is 21.5 Å². The average Bonchev–Trinajstić information content (AvgIpc) is 2.87. The molecule has 0 saturated heterocycles. The second-order valence-corrected chi connectivity index (χ2v) is 5.28. The molecule has 4 nitrogen and oxygen atoms in total. The number of fused-ring (bicyclic) bond motifs is 1. The zero-order valence-corrected chi connectivity index (χ0v) is 11.8. The Hall–Kier alpha value is -2.49. The standard InChI is InChI=1S/C17H17NO3/c1-11-2-7-16-13(8-11)9-15(21-16)10-20-17(19)12-3-5-14(18)6-4-12/h2-8,15H,9-10,18H2,1H3. The number of carbonyl (C=O) groups is 1. The zero-order chi connectivity index (χ0) is 14.8. The van der Waals surface area contributed by atoms with E-state index in [2.05, 4.69) is 13.0 Å². The molecule has 3 rings (SSSR count). The molecule has 0 aromatic heterocycles. The summed E-state index contributed by atoms with van der Waals surface area (Å²) < 4.78 is 11.1. The summed E-state index contributed by atoms with van der Waals surface area (Å²) in [4.78, 5) is 11.9. The minimum Gasteiger partial charge on any atom is -0.486 e. The number of benzene rings is 2. The van der Waals surface area contributed by atoms with E-state index in [1.54, 1.807) is 24.3 Å². The lowest BCUT2D eigenvalue weighted by Gasteiger charge is -2.11. The molecule has 0 radical (unpaired) electrons. The van der Waals surface area contributed by atoms with Gasteiger partial charge >= 0.3 is 5.97 Å². The predicted molar refractivity (Wildman–Crippen MR) is 80.4 cm³/mol. The molecule has 0 amide bonds. The maximum absolute atomic E-state index is 11.9. The van der Waals surface area contributed by atoms with Crippen LogP contribution in [-0.4, -0.2) is 18.7 Å². The number of nitrogens with two attached hydrogens (primary N) is 1. The van der Waals surface area contributed by atoms with Gasteiger partial charge in [-0.25, -0.2) is 4.79 Å². The lowest BCUT2D eigenvalue weighted by molar-refractivity contribution is 0.0347. The van der Waals surface area contributed by atoms with Gasteiger partial charge in [-0.2, -0.15) is 0 Å². The highest BCUT2D eigenvalue weighted by atomic mass is 16.6. The fraction of sp³-hybridized carbons (Fsp3) is 0.235. The Labute approximate surface area is 123 Å². The number of nitrogen functional groups attached to an aromatic ring is 1. The lowest BCUT2D eigenvalue weighted by Crippen LogP contribution is -2.22. The molecule has 2 N–H and O–H groups in total. The Morgan fingerprint density at radius 2 is 2.05 bits per heavy atom. The number of hydrogen-bond donors (Lipinski definition) is 1. The third-order valence-electron chi connectivity index (χ3n) is 3.50. The molecule has 1 aliphatic heterocycles. The molecule has 0 fully saturated rings. The number of esters is 1. The summed E-state index contributed by atoms with van der Waals surface area (Å²) in [5, 5.41) is 0. The molecule has 2 aromatic carbocycles. The topological polar surface area (TPSA) is 61.5 Å². The molecule has 21 heavy (non-hydrogen) atoms. The van der Waals surface area contributed by atoms with Crippen LogP contribution in [0.25, 0.3) is 0 Å². The second kappa shape index (κ2) is 5.48. The van der Waals surface area contributed by atoms with Crippen molar-refractivity contribution in [1.29, 1.82) is 0 Å². The molecule has 0 aliphatic carbocycles. The van der Waals surface area contributed by atoms with E-state index < -0.39 is 0 Å². The molecule has 2 aromatic rings. The van der Waals surface area contributed by atoms with Crippen molar-refractivity contribution in [2.45, 2.75) is 19.4 Å². The van der Waals surface area contributed by atoms with E-state index in [0.29, 0.717) is 11.3 Å². The first-order valence-corrected chi connectivity index (χ1v) is 6.90. The minimum atomic E-state index is -0.356. The third-order valence-corrected chi connectivity index (χ3v) is 3.50. The molecule has 1 unspecified atom stereocenters. The molecule has 0 bridgehead atoms. The quantitative estimate of drug-likeness (QED) is 0.695. The van der Waals surface area contributed by atoms with Crippen LogP contribution in [0.15, 0.2) is 42.5 Å². The lowest BCUT2D eigenvalue weighted by atomic mass is 10.1. The van der Waals surface area contributed by atoms with Crippen LogP contribution < -0.4 is 10.5 Å². The monoisotopic (exact) mass is 283 g/mol.